The highest BCUT2D eigenvalue weighted by Crippen LogP contribution is 2.69. The van der Waals surface area contributed by atoms with E-state index in [0.717, 1.165) is 38.5 Å². The summed E-state index contributed by atoms with van der Waals surface area (Å²) in [6.07, 6.45) is 15.7. The van der Waals surface area contributed by atoms with E-state index in [4.69, 9.17) is 0 Å². The molecule has 206 valence electrons. The molecule has 6 atom stereocenters. The Morgan fingerprint density at radius 2 is 1.95 bits per heavy atom. The van der Waals surface area contributed by atoms with Gasteiger partial charge >= 0.3 is 10.3 Å². The average Bonchev–Trinajstić information content (AvgIpc) is 3.17. The Bertz CT molecular complexity index is 1090. The largest absolute Gasteiger partial charge is 0.393 e. The van der Waals surface area contributed by atoms with Crippen LogP contribution >= 0.6 is 0 Å². The number of aliphatic hydroxyl groups is 1. The zero-order valence-corrected chi connectivity index (χ0v) is 23.3. The van der Waals surface area contributed by atoms with Crippen LogP contribution in [0.1, 0.15) is 94.6 Å². The fourth-order valence-corrected chi connectivity index (χ4v) is 9.44. The van der Waals surface area contributed by atoms with Crippen molar-refractivity contribution in [2.75, 3.05) is 24.4 Å². The van der Waals surface area contributed by atoms with Crippen LogP contribution in [0.3, 0.4) is 0 Å². The van der Waals surface area contributed by atoms with Gasteiger partial charge in [-0.3, -0.25) is 9.27 Å². The summed E-state index contributed by atoms with van der Waals surface area (Å²) in [5, 5.41) is 11.2. The molecule has 5 rings (SSSR count). The number of piperidine rings is 1. The monoisotopic (exact) mass is 530 g/mol. The highest BCUT2D eigenvalue weighted by Gasteiger charge is 2.63. The van der Waals surface area contributed by atoms with Gasteiger partial charge in [-0.05, 0) is 129 Å². The third kappa shape index (κ3) is 5.26. The predicted octanol–water partition coefficient (Wildman–Crippen LogP) is 5.95. The number of anilines is 1. The Kier molecular flexibility index (Phi) is 7.81. The number of hydrogen-bond acceptors (Lipinski definition) is 4. The van der Waals surface area contributed by atoms with Crippen molar-refractivity contribution < 1.29 is 18.1 Å². The van der Waals surface area contributed by atoms with Gasteiger partial charge in [0.1, 0.15) is 0 Å². The molecule has 0 spiro atoms. The number of benzene rings is 1. The maximum absolute atomic E-state index is 11.4. The second-order valence-corrected chi connectivity index (χ2v) is 13.8. The van der Waals surface area contributed by atoms with Gasteiger partial charge in [-0.2, -0.15) is 8.42 Å². The number of rotatable bonds is 9. The van der Waals surface area contributed by atoms with Crippen molar-refractivity contribution in [2.45, 2.75) is 96.0 Å². The van der Waals surface area contributed by atoms with Crippen LogP contribution in [0.5, 0.6) is 0 Å². The number of fused-ring (bicyclic) bond motifs is 5. The number of aryl methyl sites for hydroxylation is 1. The van der Waals surface area contributed by atoms with Crippen LogP contribution in [-0.2, 0) is 16.7 Å². The van der Waals surface area contributed by atoms with Crippen LogP contribution in [0.4, 0.5) is 5.69 Å². The van der Waals surface area contributed by atoms with E-state index in [9.17, 15) is 18.1 Å². The van der Waals surface area contributed by atoms with Crippen molar-refractivity contribution in [3.05, 3.63) is 42.0 Å². The number of aliphatic hydroxyl groups excluding tert-OH is 1. The minimum absolute atomic E-state index is 0.0477. The first-order chi connectivity index (χ1) is 17.7. The molecule has 2 saturated carbocycles. The van der Waals surface area contributed by atoms with Crippen molar-refractivity contribution in [3.63, 3.8) is 0 Å². The number of likely N-dealkylation sites (tertiary alicyclic amines) is 1. The van der Waals surface area contributed by atoms with Gasteiger partial charge in [0, 0.05) is 0 Å². The molecule has 3 fully saturated rings. The minimum Gasteiger partial charge on any atom is -0.393 e. The molecule has 4 aliphatic rings. The van der Waals surface area contributed by atoms with Crippen LogP contribution in [0.25, 0.3) is 0 Å². The molecule has 0 radical (unpaired) electrons. The molecule has 6 nitrogen and oxygen atoms in total. The van der Waals surface area contributed by atoms with E-state index in [1.165, 1.54) is 69.3 Å². The first-order valence-corrected chi connectivity index (χ1v) is 16.0. The molecule has 0 bridgehead atoms. The zero-order chi connectivity index (χ0) is 26.3. The van der Waals surface area contributed by atoms with E-state index in [0.29, 0.717) is 23.4 Å². The fraction of sp³-hybridized carbons (Fsp3) is 0.733. The normalized spacial score (nSPS) is 35.9. The quantitative estimate of drug-likeness (QED) is 0.209. The van der Waals surface area contributed by atoms with E-state index in [1.54, 1.807) is 6.07 Å². The van der Waals surface area contributed by atoms with Gasteiger partial charge in [0.2, 0.25) is 0 Å². The molecule has 1 aliphatic heterocycles. The molecule has 1 saturated heterocycles. The van der Waals surface area contributed by atoms with E-state index in [2.05, 4.69) is 35.3 Å². The Balaban J connectivity index is 1.38. The Hall–Kier alpha value is -1.41. The van der Waals surface area contributed by atoms with Crippen LogP contribution in [0.15, 0.2) is 30.9 Å². The maximum atomic E-state index is 11.4. The third-order valence-corrected chi connectivity index (χ3v) is 11.1. The van der Waals surface area contributed by atoms with E-state index >= 15 is 0 Å². The highest BCUT2D eigenvalue weighted by atomic mass is 32.2. The van der Waals surface area contributed by atoms with Crippen LogP contribution in [-0.4, -0.2) is 48.7 Å². The zero-order valence-electron chi connectivity index (χ0n) is 22.5. The molecule has 3 N–H and O–H groups in total. The third-order valence-electron chi connectivity index (χ3n) is 10.6. The molecule has 0 aromatic heterocycles. The summed E-state index contributed by atoms with van der Waals surface area (Å²) >= 11 is 0. The lowest BCUT2D eigenvalue weighted by Gasteiger charge is -2.60. The maximum Gasteiger partial charge on any atom is 0.357 e. The SMILES string of the molecule is C=CC12CCc3cc(NS(=O)(=O)O)ccc3C1[C@@H](CCCCCN1CCCCC1)C[C@@]1(C)C2CC[C@@H]1O. The van der Waals surface area contributed by atoms with Gasteiger partial charge in [-0.25, -0.2) is 0 Å². The average molecular weight is 531 g/mol. The Morgan fingerprint density at radius 1 is 1.16 bits per heavy atom. The van der Waals surface area contributed by atoms with Gasteiger partial charge in [-0.15, -0.1) is 6.58 Å². The van der Waals surface area contributed by atoms with Crippen molar-refractivity contribution in [3.8, 4) is 0 Å². The molecule has 3 aliphatic carbocycles. The standard InChI is InChI=1S/C30H46N2O4S/c1-3-30-16-15-22-20-24(31-37(34,35)36)11-12-25(22)28(30)23(21-29(2)26(30)13-14-27(29)33)10-6-4-7-17-32-18-8-5-9-19-32/h3,11-12,20,23,26-28,31,33H,1,4-10,13-19,21H2,2H3,(H,34,35,36)/t23-,26?,27-,28?,29-,30?/m0/s1. The second-order valence-electron chi connectivity index (χ2n) is 12.7. The lowest BCUT2D eigenvalue weighted by Crippen LogP contribution is -2.54. The van der Waals surface area contributed by atoms with Gasteiger partial charge < -0.3 is 10.0 Å². The van der Waals surface area contributed by atoms with Crippen molar-refractivity contribution >= 4 is 16.0 Å². The fourth-order valence-electron chi connectivity index (χ4n) is 9.02. The lowest BCUT2D eigenvalue weighted by atomic mass is 9.44. The molecule has 37 heavy (non-hydrogen) atoms. The van der Waals surface area contributed by atoms with Crippen LogP contribution < -0.4 is 4.72 Å². The van der Waals surface area contributed by atoms with E-state index < -0.39 is 10.3 Å². The van der Waals surface area contributed by atoms with Crippen LogP contribution in [0, 0.1) is 22.7 Å². The highest BCUT2D eigenvalue weighted by molar-refractivity contribution is 7.87. The second kappa shape index (κ2) is 10.6. The summed E-state index contributed by atoms with van der Waals surface area (Å²) in [7, 11) is -4.30. The molecule has 7 heteroatoms. The first-order valence-electron chi connectivity index (χ1n) is 14.6. The number of allylic oxidation sites excluding steroid dienone is 1. The Morgan fingerprint density at radius 3 is 2.68 bits per heavy atom. The molecule has 0 amide bonds. The van der Waals surface area contributed by atoms with Gasteiger partial charge in [-0.1, -0.05) is 38.3 Å². The summed E-state index contributed by atoms with van der Waals surface area (Å²) < 4.78 is 34.3. The molecular formula is C30H46N2O4S. The number of nitrogens with one attached hydrogen (secondary N) is 1. The molecule has 1 aromatic rings. The minimum atomic E-state index is -4.30. The summed E-state index contributed by atoms with van der Waals surface area (Å²) in [5.41, 5.74) is 2.78. The predicted molar refractivity (Wildman–Crippen MR) is 149 cm³/mol. The van der Waals surface area contributed by atoms with Gasteiger partial charge in [0.15, 0.2) is 0 Å². The van der Waals surface area contributed by atoms with Crippen molar-refractivity contribution in [1.29, 1.82) is 0 Å². The summed E-state index contributed by atoms with van der Waals surface area (Å²) in [4.78, 5) is 2.63. The summed E-state index contributed by atoms with van der Waals surface area (Å²) in [6.45, 7) is 10.5. The molecular weight excluding hydrogens is 484 g/mol. The summed E-state index contributed by atoms with van der Waals surface area (Å²) in [6, 6.07) is 5.78. The number of hydrogen-bond donors (Lipinski definition) is 3. The Labute approximate surface area is 223 Å². The number of unbranched alkanes of at least 4 members (excludes halogenated alkanes) is 2. The molecule has 3 unspecified atom stereocenters. The summed E-state index contributed by atoms with van der Waals surface area (Å²) in [5.74, 6) is 1.21. The van der Waals surface area contributed by atoms with Crippen molar-refractivity contribution in [2.24, 2.45) is 22.7 Å². The van der Waals surface area contributed by atoms with Crippen LogP contribution in [0.2, 0.25) is 0 Å². The molecule has 1 heterocycles. The van der Waals surface area contributed by atoms with E-state index in [-0.39, 0.29) is 16.9 Å². The van der Waals surface area contributed by atoms with Gasteiger partial charge in [0.05, 0.1) is 11.8 Å². The molecule has 1 aromatic carbocycles. The topological polar surface area (TPSA) is 89.9 Å². The van der Waals surface area contributed by atoms with E-state index in [1.807, 2.05) is 6.07 Å². The first kappa shape index (κ1) is 27.2. The van der Waals surface area contributed by atoms with Crippen molar-refractivity contribution in [1.82, 2.24) is 4.90 Å². The lowest BCUT2D eigenvalue weighted by molar-refractivity contribution is -0.0812. The number of nitrogens with zero attached hydrogens (tertiary/aromatic N) is 1. The smallest absolute Gasteiger partial charge is 0.357 e. The van der Waals surface area contributed by atoms with Gasteiger partial charge in [0.25, 0.3) is 0 Å².